The zero-order valence-corrected chi connectivity index (χ0v) is 16.8. The van der Waals surface area contributed by atoms with Crippen molar-refractivity contribution < 1.29 is 14.7 Å². The molecule has 1 aliphatic rings. The van der Waals surface area contributed by atoms with Gasteiger partial charge >= 0.3 is 0 Å². The topological polar surface area (TPSA) is 69.6 Å². The first kappa shape index (κ1) is 18.5. The fourth-order valence-corrected chi connectivity index (χ4v) is 3.37. The van der Waals surface area contributed by atoms with Gasteiger partial charge in [0.2, 0.25) is 0 Å². The molecule has 7 heteroatoms. The van der Waals surface area contributed by atoms with Crippen LogP contribution in [-0.4, -0.2) is 22.0 Å². The summed E-state index contributed by atoms with van der Waals surface area (Å²) in [7, 11) is 0. The average Bonchev–Trinajstić information content (AvgIpc) is 2.62. The lowest BCUT2D eigenvalue weighted by molar-refractivity contribution is -0.122. The molecule has 2 N–H and O–H groups in total. The zero-order chi connectivity index (χ0) is 18.8. The second kappa shape index (κ2) is 7.55. The Labute approximate surface area is 169 Å². The van der Waals surface area contributed by atoms with Gasteiger partial charge in [-0.3, -0.25) is 19.8 Å². The SMILES string of the molecule is CCc1ccc(N2C(=O)/C(=C/c3ccc(O)c(I)c3)C(=O)NC2=S)cc1. The smallest absolute Gasteiger partial charge is 0.270 e. The number of carbonyl (C=O) groups is 2. The molecule has 0 bridgehead atoms. The van der Waals surface area contributed by atoms with E-state index >= 15 is 0 Å². The van der Waals surface area contributed by atoms with Gasteiger partial charge in [-0.2, -0.15) is 0 Å². The van der Waals surface area contributed by atoms with Crippen molar-refractivity contribution in [2.75, 3.05) is 4.90 Å². The summed E-state index contributed by atoms with van der Waals surface area (Å²) in [5.74, 6) is -0.874. The summed E-state index contributed by atoms with van der Waals surface area (Å²) in [5.41, 5.74) is 2.37. The van der Waals surface area contributed by atoms with Crippen molar-refractivity contribution >= 4 is 63.5 Å². The van der Waals surface area contributed by atoms with Gasteiger partial charge in [-0.15, -0.1) is 0 Å². The fourth-order valence-electron chi connectivity index (χ4n) is 2.55. The number of benzene rings is 2. The van der Waals surface area contributed by atoms with Gasteiger partial charge in [0.15, 0.2) is 5.11 Å². The number of amides is 2. The molecule has 0 saturated carbocycles. The molecule has 0 aliphatic carbocycles. The van der Waals surface area contributed by atoms with E-state index in [2.05, 4.69) is 5.32 Å². The standard InChI is InChI=1S/C19H15IN2O3S/c1-2-11-3-6-13(7-4-11)22-18(25)14(17(24)21-19(22)26)9-12-5-8-16(23)15(20)10-12/h3-10,23H,2H2,1H3,(H,21,24,26)/b14-9+. The van der Waals surface area contributed by atoms with Crippen LogP contribution in [0.4, 0.5) is 5.69 Å². The van der Waals surface area contributed by atoms with E-state index in [9.17, 15) is 14.7 Å². The molecule has 0 atom stereocenters. The third-order valence-corrected chi connectivity index (χ3v) is 5.14. The molecule has 5 nitrogen and oxygen atoms in total. The molecule has 1 fully saturated rings. The maximum Gasteiger partial charge on any atom is 0.270 e. The fraction of sp³-hybridized carbons (Fsp3) is 0.105. The molecule has 26 heavy (non-hydrogen) atoms. The Balaban J connectivity index is 1.99. The predicted octanol–water partition coefficient (Wildman–Crippen LogP) is 3.39. The van der Waals surface area contributed by atoms with E-state index in [-0.39, 0.29) is 16.4 Å². The van der Waals surface area contributed by atoms with Gasteiger partial charge in [-0.25, -0.2) is 0 Å². The number of aromatic hydroxyl groups is 1. The van der Waals surface area contributed by atoms with E-state index in [0.29, 0.717) is 14.8 Å². The van der Waals surface area contributed by atoms with Crippen molar-refractivity contribution in [1.29, 1.82) is 0 Å². The molecule has 0 spiro atoms. The Morgan fingerprint density at radius 1 is 1.19 bits per heavy atom. The number of nitrogens with one attached hydrogen (secondary N) is 1. The van der Waals surface area contributed by atoms with Crippen LogP contribution in [0.1, 0.15) is 18.1 Å². The summed E-state index contributed by atoms with van der Waals surface area (Å²) in [5, 5.41) is 12.2. The van der Waals surface area contributed by atoms with E-state index < -0.39 is 11.8 Å². The van der Waals surface area contributed by atoms with E-state index in [4.69, 9.17) is 12.2 Å². The molecule has 0 radical (unpaired) electrons. The highest BCUT2D eigenvalue weighted by Crippen LogP contribution is 2.25. The van der Waals surface area contributed by atoms with Gasteiger partial charge < -0.3 is 5.11 Å². The maximum absolute atomic E-state index is 12.9. The highest BCUT2D eigenvalue weighted by molar-refractivity contribution is 14.1. The summed E-state index contributed by atoms with van der Waals surface area (Å²) in [6.45, 7) is 2.05. The van der Waals surface area contributed by atoms with Crippen LogP contribution in [0.15, 0.2) is 48.0 Å². The lowest BCUT2D eigenvalue weighted by Crippen LogP contribution is -2.54. The van der Waals surface area contributed by atoms with Gasteiger partial charge in [-0.05, 0) is 82.7 Å². The van der Waals surface area contributed by atoms with Gasteiger partial charge in [0, 0.05) is 0 Å². The number of phenols is 1. The molecule has 3 rings (SSSR count). The number of nitrogens with zero attached hydrogens (tertiary/aromatic N) is 1. The van der Waals surface area contributed by atoms with Gasteiger partial charge in [0.1, 0.15) is 11.3 Å². The van der Waals surface area contributed by atoms with Crippen LogP contribution in [0.2, 0.25) is 0 Å². The minimum Gasteiger partial charge on any atom is -0.507 e. The minimum absolute atomic E-state index is 0.0142. The molecule has 132 valence electrons. The Morgan fingerprint density at radius 2 is 1.88 bits per heavy atom. The lowest BCUT2D eigenvalue weighted by Gasteiger charge is -2.29. The monoisotopic (exact) mass is 478 g/mol. The number of hydrogen-bond acceptors (Lipinski definition) is 4. The van der Waals surface area contributed by atoms with E-state index in [1.165, 1.54) is 17.0 Å². The molecule has 1 heterocycles. The van der Waals surface area contributed by atoms with Crippen molar-refractivity contribution in [3.63, 3.8) is 0 Å². The highest BCUT2D eigenvalue weighted by atomic mass is 127. The number of rotatable bonds is 3. The molecule has 2 aromatic rings. The van der Waals surface area contributed by atoms with Crippen LogP contribution in [-0.2, 0) is 16.0 Å². The molecular weight excluding hydrogens is 463 g/mol. The summed E-state index contributed by atoms with van der Waals surface area (Å²) in [6, 6.07) is 12.3. The van der Waals surface area contributed by atoms with Crippen molar-refractivity contribution in [2.45, 2.75) is 13.3 Å². The first-order chi connectivity index (χ1) is 12.4. The number of hydrogen-bond donors (Lipinski definition) is 2. The van der Waals surface area contributed by atoms with E-state index in [1.807, 2.05) is 53.8 Å². The maximum atomic E-state index is 12.9. The molecular formula is C19H15IN2O3S. The van der Waals surface area contributed by atoms with Gasteiger partial charge in [0.05, 0.1) is 9.26 Å². The Morgan fingerprint density at radius 3 is 2.50 bits per heavy atom. The first-order valence-electron chi connectivity index (χ1n) is 7.89. The molecule has 2 amide bonds. The predicted molar refractivity (Wildman–Crippen MR) is 113 cm³/mol. The highest BCUT2D eigenvalue weighted by Gasteiger charge is 2.34. The second-order valence-corrected chi connectivity index (χ2v) is 7.24. The van der Waals surface area contributed by atoms with Crippen molar-refractivity contribution in [1.82, 2.24) is 5.32 Å². The van der Waals surface area contributed by atoms with Crippen molar-refractivity contribution in [3.8, 4) is 5.75 Å². The number of thiocarbonyl (C=S) groups is 1. The van der Waals surface area contributed by atoms with Crippen LogP contribution in [0, 0.1) is 3.57 Å². The Bertz CT molecular complexity index is 938. The quantitative estimate of drug-likeness (QED) is 0.307. The van der Waals surface area contributed by atoms with Crippen LogP contribution >= 0.6 is 34.8 Å². The van der Waals surface area contributed by atoms with Crippen molar-refractivity contribution in [2.24, 2.45) is 0 Å². The third-order valence-electron chi connectivity index (χ3n) is 3.99. The number of phenolic OH excluding ortho intramolecular Hbond substituents is 1. The molecule has 2 aromatic carbocycles. The molecule has 0 aromatic heterocycles. The zero-order valence-electron chi connectivity index (χ0n) is 13.8. The Hall–Kier alpha value is -2.26. The Kier molecular flexibility index (Phi) is 5.38. The molecule has 1 saturated heterocycles. The van der Waals surface area contributed by atoms with Crippen molar-refractivity contribution in [3.05, 3.63) is 62.7 Å². The van der Waals surface area contributed by atoms with Crippen LogP contribution < -0.4 is 10.2 Å². The summed E-state index contributed by atoms with van der Waals surface area (Å²) >= 11 is 7.17. The lowest BCUT2D eigenvalue weighted by atomic mass is 10.1. The number of anilines is 1. The number of carbonyl (C=O) groups excluding carboxylic acids is 2. The third kappa shape index (κ3) is 3.63. The van der Waals surface area contributed by atoms with Crippen LogP contribution in [0.5, 0.6) is 5.75 Å². The van der Waals surface area contributed by atoms with E-state index in [0.717, 1.165) is 12.0 Å². The summed E-state index contributed by atoms with van der Waals surface area (Å²) in [4.78, 5) is 26.5. The first-order valence-corrected chi connectivity index (χ1v) is 9.38. The van der Waals surface area contributed by atoms with Crippen LogP contribution in [0.25, 0.3) is 6.08 Å². The van der Waals surface area contributed by atoms with E-state index in [1.54, 1.807) is 12.1 Å². The summed E-state index contributed by atoms with van der Waals surface area (Å²) in [6.07, 6.45) is 2.38. The number of halogens is 1. The minimum atomic E-state index is -0.537. The average molecular weight is 478 g/mol. The normalized spacial score (nSPS) is 16.2. The van der Waals surface area contributed by atoms with Gasteiger partial charge in [-0.1, -0.05) is 25.1 Å². The van der Waals surface area contributed by atoms with Crippen LogP contribution in [0.3, 0.4) is 0 Å². The molecule has 1 aliphatic heterocycles. The summed E-state index contributed by atoms with van der Waals surface area (Å²) < 4.78 is 0.628. The largest absolute Gasteiger partial charge is 0.507 e. The molecule has 0 unspecified atom stereocenters. The van der Waals surface area contributed by atoms with Gasteiger partial charge in [0.25, 0.3) is 11.8 Å². The number of aryl methyl sites for hydroxylation is 1. The second-order valence-electron chi connectivity index (χ2n) is 5.69.